The maximum atomic E-state index is 5.56. The first-order valence-electron chi connectivity index (χ1n) is 6.94. The van der Waals surface area contributed by atoms with Crippen molar-refractivity contribution in [3.8, 4) is 0 Å². The SMILES string of the molecule is Cc1c(NN)nc(C2CC2)nc1NC(C)C(C)(C)C. The van der Waals surface area contributed by atoms with Crippen LogP contribution in [0.1, 0.15) is 57.8 Å². The van der Waals surface area contributed by atoms with Crippen LogP contribution in [0.3, 0.4) is 0 Å². The molecule has 1 aliphatic rings. The van der Waals surface area contributed by atoms with Crippen molar-refractivity contribution in [3.63, 3.8) is 0 Å². The van der Waals surface area contributed by atoms with E-state index >= 15 is 0 Å². The minimum Gasteiger partial charge on any atom is -0.367 e. The van der Waals surface area contributed by atoms with Crippen molar-refractivity contribution in [2.75, 3.05) is 10.7 Å². The quantitative estimate of drug-likeness (QED) is 0.575. The van der Waals surface area contributed by atoms with Crippen LogP contribution < -0.4 is 16.6 Å². The molecule has 1 atom stereocenters. The summed E-state index contributed by atoms with van der Waals surface area (Å²) < 4.78 is 0. The molecule has 4 N–H and O–H groups in total. The Balaban J connectivity index is 2.30. The van der Waals surface area contributed by atoms with E-state index in [0.717, 1.165) is 23.0 Å². The summed E-state index contributed by atoms with van der Waals surface area (Å²) in [4.78, 5) is 9.17. The average molecular weight is 263 g/mol. The van der Waals surface area contributed by atoms with Gasteiger partial charge in [-0.1, -0.05) is 20.8 Å². The van der Waals surface area contributed by atoms with Gasteiger partial charge in [0.05, 0.1) is 0 Å². The van der Waals surface area contributed by atoms with Gasteiger partial charge in [0.15, 0.2) is 0 Å². The molecule has 1 heterocycles. The lowest BCUT2D eigenvalue weighted by Gasteiger charge is -2.29. The van der Waals surface area contributed by atoms with Gasteiger partial charge >= 0.3 is 0 Å². The van der Waals surface area contributed by atoms with E-state index in [-0.39, 0.29) is 5.41 Å². The first kappa shape index (κ1) is 14.1. The normalized spacial score (nSPS) is 17.2. The molecule has 5 nitrogen and oxygen atoms in total. The smallest absolute Gasteiger partial charge is 0.148 e. The summed E-state index contributed by atoms with van der Waals surface area (Å²) in [5.74, 6) is 8.59. The highest BCUT2D eigenvalue weighted by Crippen LogP contribution is 2.39. The minimum atomic E-state index is 0.174. The van der Waals surface area contributed by atoms with E-state index in [1.165, 1.54) is 12.8 Å². The lowest BCUT2D eigenvalue weighted by molar-refractivity contribution is 0.358. The van der Waals surface area contributed by atoms with Gasteiger partial charge in [0.1, 0.15) is 17.5 Å². The van der Waals surface area contributed by atoms with Crippen molar-refractivity contribution in [1.82, 2.24) is 9.97 Å². The summed E-state index contributed by atoms with van der Waals surface area (Å²) in [7, 11) is 0. The van der Waals surface area contributed by atoms with Crippen LogP contribution >= 0.6 is 0 Å². The first-order valence-corrected chi connectivity index (χ1v) is 6.94. The third kappa shape index (κ3) is 3.15. The molecular formula is C14H25N5. The van der Waals surface area contributed by atoms with Crippen molar-refractivity contribution in [1.29, 1.82) is 0 Å². The summed E-state index contributed by atoms with van der Waals surface area (Å²) >= 11 is 0. The second-order valence-electron chi connectivity index (χ2n) is 6.55. The van der Waals surface area contributed by atoms with Crippen molar-refractivity contribution in [3.05, 3.63) is 11.4 Å². The average Bonchev–Trinajstić information content (AvgIpc) is 3.14. The highest BCUT2D eigenvalue weighted by molar-refractivity contribution is 5.57. The van der Waals surface area contributed by atoms with Crippen LogP contribution in [0, 0.1) is 12.3 Å². The van der Waals surface area contributed by atoms with Crippen LogP contribution in [0.25, 0.3) is 0 Å². The Morgan fingerprint density at radius 3 is 2.26 bits per heavy atom. The summed E-state index contributed by atoms with van der Waals surface area (Å²) in [6.45, 7) is 10.8. The first-order chi connectivity index (χ1) is 8.82. The molecule has 1 aliphatic carbocycles. The number of hydrogen-bond acceptors (Lipinski definition) is 5. The molecule has 2 rings (SSSR count). The second-order valence-corrected chi connectivity index (χ2v) is 6.55. The zero-order valence-electron chi connectivity index (χ0n) is 12.5. The minimum absolute atomic E-state index is 0.174. The molecule has 0 bridgehead atoms. The highest BCUT2D eigenvalue weighted by atomic mass is 15.3. The number of nitrogens with zero attached hydrogens (tertiary/aromatic N) is 2. The Bertz CT molecular complexity index is 460. The van der Waals surface area contributed by atoms with E-state index in [1.807, 2.05) is 6.92 Å². The van der Waals surface area contributed by atoms with Gasteiger partial charge in [0, 0.05) is 17.5 Å². The molecule has 1 saturated carbocycles. The molecule has 1 unspecified atom stereocenters. The highest BCUT2D eigenvalue weighted by Gasteiger charge is 2.29. The number of aromatic nitrogens is 2. The van der Waals surface area contributed by atoms with Gasteiger partial charge in [-0.25, -0.2) is 15.8 Å². The van der Waals surface area contributed by atoms with Crippen LogP contribution in [0.15, 0.2) is 0 Å². The fourth-order valence-corrected chi connectivity index (χ4v) is 1.76. The van der Waals surface area contributed by atoms with Crippen molar-refractivity contribution >= 4 is 11.6 Å². The fraction of sp³-hybridized carbons (Fsp3) is 0.714. The second kappa shape index (κ2) is 4.96. The van der Waals surface area contributed by atoms with Crippen LogP contribution in [0.4, 0.5) is 11.6 Å². The van der Waals surface area contributed by atoms with Crippen LogP contribution in [-0.4, -0.2) is 16.0 Å². The number of anilines is 2. The van der Waals surface area contributed by atoms with Gasteiger partial charge in [0.25, 0.3) is 0 Å². The van der Waals surface area contributed by atoms with E-state index in [1.54, 1.807) is 0 Å². The zero-order valence-corrected chi connectivity index (χ0v) is 12.5. The maximum absolute atomic E-state index is 5.56. The Kier molecular flexibility index (Phi) is 3.67. The molecule has 0 aliphatic heterocycles. The number of rotatable bonds is 4. The topological polar surface area (TPSA) is 75.9 Å². The number of hydrazine groups is 1. The number of hydrogen-bond donors (Lipinski definition) is 3. The summed E-state index contributed by atoms with van der Waals surface area (Å²) in [5, 5.41) is 3.50. The van der Waals surface area contributed by atoms with Crippen molar-refractivity contribution in [2.45, 2.75) is 59.4 Å². The molecule has 19 heavy (non-hydrogen) atoms. The van der Waals surface area contributed by atoms with Crippen molar-refractivity contribution < 1.29 is 0 Å². The Labute approximate surface area is 115 Å². The van der Waals surface area contributed by atoms with Crippen LogP contribution in [-0.2, 0) is 0 Å². The van der Waals surface area contributed by atoms with Crippen LogP contribution in [0.5, 0.6) is 0 Å². The number of nitrogen functional groups attached to an aromatic ring is 1. The lowest BCUT2D eigenvalue weighted by atomic mass is 9.88. The van der Waals surface area contributed by atoms with Gasteiger partial charge in [0.2, 0.25) is 0 Å². The van der Waals surface area contributed by atoms with Gasteiger partial charge < -0.3 is 10.7 Å². The molecule has 0 amide bonds. The predicted octanol–water partition coefficient (Wildman–Crippen LogP) is 2.79. The summed E-state index contributed by atoms with van der Waals surface area (Å²) in [6, 6.07) is 0.318. The van der Waals surface area contributed by atoms with Crippen molar-refractivity contribution in [2.24, 2.45) is 11.3 Å². The van der Waals surface area contributed by atoms with E-state index in [0.29, 0.717) is 12.0 Å². The molecule has 0 aromatic carbocycles. The Morgan fingerprint density at radius 1 is 1.21 bits per heavy atom. The van der Waals surface area contributed by atoms with E-state index < -0.39 is 0 Å². The molecule has 1 aromatic heterocycles. The Hall–Kier alpha value is -1.36. The van der Waals surface area contributed by atoms with E-state index in [9.17, 15) is 0 Å². The molecule has 0 radical (unpaired) electrons. The molecule has 0 saturated heterocycles. The largest absolute Gasteiger partial charge is 0.367 e. The standard InChI is InChI=1S/C14H25N5/c1-8-11(16-9(2)14(3,4)5)17-13(10-6-7-10)18-12(8)19-15/h9-10H,6-7,15H2,1-5H3,(H2,16,17,18,19). The zero-order chi connectivity index (χ0) is 14.2. The summed E-state index contributed by atoms with van der Waals surface area (Å²) in [5.41, 5.74) is 3.83. The molecule has 1 fully saturated rings. The molecule has 1 aromatic rings. The molecular weight excluding hydrogens is 238 g/mol. The molecule has 5 heteroatoms. The van der Waals surface area contributed by atoms with Gasteiger partial charge in [-0.2, -0.15) is 0 Å². The maximum Gasteiger partial charge on any atom is 0.148 e. The van der Waals surface area contributed by atoms with Gasteiger partial charge in [-0.15, -0.1) is 0 Å². The summed E-state index contributed by atoms with van der Waals surface area (Å²) in [6.07, 6.45) is 2.36. The third-order valence-electron chi connectivity index (χ3n) is 3.89. The third-order valence-corrected chi connectivity index (χ3v) is 3.89. The Morgan fingerprint density at radius 2 is 1.79 bits per heavy atom. The van der Waals surface area contributed by atoms with Crippen LogP contribution in [0.2, 0.25) is 0 Å². The number of nitrogens with two attached hydrogens (primary N) is 1. The predicted molar refractivity (Wildman–Crippen MR) is 79.1 cm³/mol. The van der Waals surface area contributed by atoms with E-state index in [4.69, 9.17) is 5.84 Å². The molecule has 0 spiro atoms. The molecule has 106 valence electrons. The lowest BCUT2D eigenvalue weighted by Crippen LogP contribution is -2.32. The van der Waals surface area contributed by atoms with E-state index in [2.05, 4.69) is 48.4 Å². The monoisotopic (exact) mass is 263 g/mol. The number of nitrogens with one attached hydrogen (secondary N) is 2. The van der Waals surface area contributed by atoms with Gasteiger partial charge in [-0.3, -0.25) is 0 Å². The fourth-order valence-electron chi connectivity index (χ4n) is 1.76. The van der Waals surface area contributed by atoms with Gasteiger partial charge in [-0.05, 0) is 32.1 Å².